The predicted molar refractivity (Wildman–Crippen MR) is 312 cm³/mol. The average molecular weight is 1180 g/mol. The van der Waals surface area contributed by atoms with Crippen LogP contribution in [0.3, 0.4) is 0 Å². The normalized spacial score (nSPS) is 25.9. The Hall–Kier alpha value is -7.61. The Kier molecular flexibility index (Phi) is 16.5. The summed E-state index contributed by atoms with van der Waals surface area (Å²) in [6.07, 6.45) is -2.40. The molecule has 23 heteroatoms. The highest BCUT2D eigenvalue weighted by atomic mass is 32.1. The van der Waals surface area contributed by atoms with Crippen LogP contribution in [0, 0.1) is 23.2 Å². The van der Waals surface area contributed by atoms with Crippen LogP contribution in [0.1, 0.15) is 84.5 Å². The zero-order valence-corrected chi connectivity index (χ0v) is 48.4. The van der Waals surface area contributed by atoms with Crippen LogP contribution in [-0.4, -0.2) is 157 Å². The number of fused-ring (bicyclic) bond motifs is 2. The number of aliphatic hydroxyl groups excluding tert-OH is 3. The van der Waals surface area contributed by atoms with Gasteiger partial charge in [-0.05, 0) is 121 Å². The fraction of sp³-hybridized carbons (Fsp3) is 0.435. The maximum absolute atomic E-state index is 13.7. The molecule has 4 bridgehead atoms. The molecule has 4 saturated carbocycles. The number of aromatic nitrogens is 4. The quantitative estimate of drug-likeness (QED) is 0.0320. The standard InChI is InChI=1S/C62H69N7O15S/c1-35-43(40-16-17-44(65-48(40)54(74)75)37-13-12-36-8-7-9-41(42(36)24-37)53(73)67-57-66-45-10-5-6-11-47(45)85-57)26-64-69(35)34-61-29-59(2)28-60(3,30-61)32-62(31-59,33-61)82-21-19-68(4)58(78)81-27-38-14-15-39(25-46(38)80-23-22-79-20-18-63)83-56-51(72)49(70)50(71)52(84-56)55(76)77/h5-17,24-26,49-52,56,70-72H,18-23,27-34,63H2,1-4H3,(H,74,75)(H,76,77)(H,66,67,73)/t49-,50-,51+,52-,56+,59?,60?,61?,62?/m0/s1. The number of hydrogen-bond acceptors (Lipinski definition) is 18. The lowest BCUT2D eigenvalue weighted by atomic mass is 9.39. The topological polar surface area (TPSA) is 310 Å². The summed E-state index contributed by atoms with van der Waals surface area (Å²) in [5.41, 5.74) is 9.49. The second kappa shape index (κ2) is 23.7. The molecule has 4 aliphatic carbocycles. The summed E-state index contributed by atoms with van der Waals surface area (Å²) in [5, 5.41) is 61.0. The largest absolute Gasteiger partial charge is 0.491 e. The molecule has 4 heterocycles. The van der Waals surface area contributed by atoms with E-state index in [1.807, 2.05) is 66.2 Å². The third-order valence-electron chi connectivity index (χ3n) is 16.9. The lowest BCUT2D eigenvalue weighted by molar-refractivity contribution is -0.271. The van der Waals surface area contributed by atoms with Gasteiger partial charge in [-0.25, -0.2) is 24.4 Å². The van der Waals surface area contributed by atoms with Crippen molar-refractivity contribution in [2.75, 3.05) is 51.9 Å². The maximum atomic E-state index is 13.7. The highest BCUT2D eigenvalue weighted by Crippen LogP contribution is 2.72. The molecular weight excluding hydrogens is 1110 g/mol. The Morgan fingerprint density at radius 2 is 1.62 bits per heavy atom. The van der Waals surface area contributed by atoms with Gasteiger partial charge in [-0.15, -0.1) is 0 Å². The van der Waals surface area contributed by atoms with Crippen molar-refractivity contribution in [3.8, 4) is 33.9 Å². The molecule has 12 rings (SSSR count). The van der Waals surface area contributed by atoms with Crippen LogP contribution in [0.25, 0.3) is 43.4 Å². The summed E-state index contributed by atoms with van der Waals surface area (Å²) < 4.78 is 38.1. The number of aliphatic hydroxyl groups is 3. The van der Waals surface area contributed by atoms with Crippen molar-refractivity contribution < 1.29 is 73.1 Å². The van der Waals surface area contributed by atoms with E-state index < -0.39 is 54.3 Å². The predicted octanol–water partition coefficient (Wildman–Crippen LogP) is 7.66. The Bertz CT molecular complexity index is 3630. The zero-order valence-electron chi connectivity index (χ0n) is 47.6. The van der Waals surface area contributed by atoms with E-state index in [0.717, 1.165) is 59.8 Å². The fourth-order valence-corrected chi connectivity index (χ4v) is 15.2. The number of likely N-dealkylation sites (N-methyl/N-ethyl adjacent to an activating group) is 1. The lowest BCUT2D eigenvalue weighted by Gasteiger charge is -2.69. The number of nitrogens with one attached hydrogen (secondary N) is 1. The second-order valence-electron chi connectivity index (χ2n) is 23.9. The van der Waals surface area contributed by atoms with E-state index in [-0.39, 0.29) is 72.3 Å². The number of carbonyl (C=O) groups excluding carboxylic acids is 2. The molecule has 7 aromatic rings. The van der Waals surface area contributed by atoms with Gasteiger partial charge < -0.3 is 64.6 Å². The van der Waals surface area contributed by atoms with Crippen LogP contribution in [0.4, 0.5) is 9.93 Å². The first-order valence-corrected chi connectivity index (χ1v) is 29.1. The molecular formula is C62H69N7O15S. The van der Waals surface area contributed by atoms with Gasteiger partial charge in [-0.1, -0.05) is 61.6 Å². The van der Waals surface area contributed by atoms with Crippen molar-refractivity contribution >= 4 is 61.4 Å². The molecule has 8 N–H and O–H groups in total. The molecule has 5 aliphatic rings. The fourth-order valence-electron chi connectivity index (χ4n) is 14.3. The van der Waals surface area contributed by atoms with Crippen LogP contribution in [0.5, 0.6) is 11.5 Å². The molecule has 448 valence electrons. The van der Waals surface area contributed by atoms with Crippen molar-refractivity contribution in [1.82, 2.24) is 24.6 Å². The number of carbonyl (C=O) groups is 4. The van der Waals surface area contributed by atoms with Crippen molar-refractivity contribution in [3.63, 3.8) is 0 Å². The minimum atomic E-state index is -1.89. The summed E-state index contributed by atoms with van der Waals surface area (Å²) in [6, 6.07) is 26.9. The van der Waals surface area contributed by atoms with Crippen molar-refractivity contribution in [3.05, 3.63) is 120 Å². The third kappa shape index (κ3) is 12.3. The Balaban J connectivity index is 0.745. The number of carboxylic acids is 2. The molecule has 0 radical (unpaired) electrons. The Labute approximate surface area is 493 Å². The van der Waals surface area contributed by atoms with Gasteiger partial charge in [-0.2, -0.15) is 5.10 Å². The molecule has 2 amide bonds. The van der Waals surface area contributed by atoms with E-state index in [9.17, 15) is 44.7 Å². The van der Waals surface area contributed by atoms with Crippen LogP contribution >= 0.6 is 11.3 Å². The molecule has 2 unspecified atom stereocenters. The van der Waals surface area contributed by atoms with Crippen molar-refractivity contribution in [2.45, 2.75) is 109 Å². The van der Waals surface area contributed by atoms with Gasteiger partial charge in [0.2, 0.25) is 6.29 Å². The monoisotopic (exact) mass is 1180 g/mol. The molecule has 1 aliphatic heterocycles. The molecule has 3 aromatic heterocycles. The van der Waals surface area contributed by atoms with Gasteiger partial charge in [0.15, 0.2) is 16.9 Å². The summed E-state index contributed by atoms with van der Waals surface area (Å²) in [6.45, 7) is 8.44. The summed E-state index contributed by atoms with van der Waals surface area (Å²) >= 11 is 1.40. The van der Waals surface area contributed by atoms with Crippen LogP contribution in [0.15, 0.2) is 97.2 Å². The van der Waals surface area contributed by atoms with Crippen molar-refractivity contribution in [1.29, 1.82) is 0 Å². The number of nitrogens with zero attached hydrogens (tertiary/aromatic N) is 5. The number of rotatable bonds is 22. The number of amides is 2. The summed E-state index contributed by atoms with van der Waals surface area (Å²) in [7, 11) is 1.63. The number of aliphatic carboxylic acids is 1. The summed E-state index contributed by atoms with van der Waals surface area (Å²) in [5.74, 6) is -2.76. The van der Waals surface area contributed by atoms with Gasteiger partial charge in [0, 0.05) is 66.3 Å². The number of thiazole rings is 1. The van der Waals surface area contributed by atoms with Gasteiger partial charge >= 0.3 is 18.0 Å². The molecule has 22 nitrogen and oxygen atoms in total. The number of benzene rings is 4. The molecule has 4 aromatic carbocycles. The number of hydrogen-bond donors (Lipinski definition) is 7. The van der Waals surface area contributed by atoms with Gasteiger partial charge in [0.05, 0.1) is 47.5 Å². The number of para-hydroxylation sites is 1. The Morgan fingerprint density at radius 3 is 2.38 bits per heavy atom. The first-order valence-electron chi connectivity index (χ1n) is 28.3. The Morgan fingerprint density at radius 1 is 0.835 bits per heavy atom. The third-order valence-corrected chi connectivity index (χ3v) is 17.9. The smallest absolute Gasteiger partial charge is 0.409 e. The molecule has 7 atom stereocenters. The highest BCUT2D eigenvalue weighted by molar-refractivity contribution is 7.22. The zero-order chi connectivity index (χ0) is 60.0. The van der Waals surface area contributed by atoms with E-state index in [0.29, 0.717) is 63.7 Å². The molecule has 85 heavy (non-hydrogen) atoms. The number of nitrogens with two attached hydrogens (primary N) is 1. The molecule has 0 spiro atoms. The second-order valence-corrected chi connectivity index (χ2v) is 25.0. The summed E-state index contributed by atoms with van der Waals surface area (Å²) in [4.78, 5) is 62.8. The van der Waals surface area contributed by atoms with E-state index in [1.165, 1.54) is 28.4 Å². The van der Waals surface area contributed by atoms with E-state index in [2.05, 4.69) is 24.1 Å². The number of carboxylic acid groups (broad SMARTS) is 2. The van der Waals surface area contributed by atoms with Gasteiger partial charge in [0.25, 0.3) is 5.91 Å². The number of anilines is 1. The number of aromatic carboxylic acids is 1. The van der Waals surface area contributed by atoms with E-state index in [4.69, 9.17) is 44.2 Å². The minimum Gasteiger partial charge on any atom is -0.491 e. The van der Waals surface area contributed by atoms with Crippen LogP contribution in [-0.2, 0) is 36.9 Å². The van der Waals surface area contributed by atoms with Crippen molar-refractivity contribution in [2.24, 2.45) is 22.0 Å². The SMILES string of the molecule is Cc1c(-c2ccc(-c3ccc4cccc(C(=O)Nc5nc6ccccc6s5)c4c3)nc2C(=O)O)cnn1CC12CC3(C)CC(C)(C1)CC(OCCN(C)C(=O)OCc1ccc(O[C@@H]4O[C@H](C(=O)O)[C@@H](O)[C@H](O)[C@H]4O)cc1OCCOCCN)(C3)C2. The molecule has 1 saturated heterocycles. The average Bonchev–Trinajstić information content (AvgIpc) is 0.856. The first-order chi connectivity index (χ1) is 40.6. The number of ether oxygens (including phenoxy) is 6. The van der Waals surface area contributed by atoms with Gasteiger partial charge in [0.1, 0.15) is 43.0 Å². The lowest BCUT2D eigenvalue weighted by Crippen LogP contribution is -2.64. The highest BCUT2D eigenvalue weighted by Gasteiger charge is 2.66. The van der Waals surface area contributed by atoms with Crippen LogP contribution < -0.4 is 20.5 Å². The maximum Gasteiger partial charge on any atom is 0.409 e. The minimum absolute atomic E-state index is 0.0109. The van der Waals surface area contributed by atoms with E-state index >= 15 is 0 Å². The number of pyridine rings is 1. The molecule has 5 fully saturated rings. The van der Waals surface area contributed by atoms with E-state index in [1.54, 1.807) is 37.5 Å². The first kappa shape index (κ1) is 59.1. The van der Waals surface area contributed by atoms with Crippen LogP contribution in [0.2, 0.25) is 0 Å². The van der Waals surface area contributed by atoms with Gasteiger partial charge in [-0.3, -0.25) is 14.8 Å².